The Bertz CT molecular complexity index is 969. The Morgan fingerprint density at radius 2 is 2.09 bits per heavy atom. The number of hydrogen-bond donors (Lipinski definition) is 2. The lowest BCUT2D eigenvalue weighted by atomic mass is 10.1. The molecule has 1 saturated heterocycles. The first-order valence-electron chi connectivity index (χ1n) is 10.7. The molecule has 1 atom stereocenters. The molecule has 8 heteroatoms. The highest BCUT2D eigenvalue weighted by atomic mass is 16.5. The van der Waals surface area contributed by atoms with E-state index < -0.39 is 0 Å². The number of hydrogen-bond acceptors (Lipinski definition) is 7. The molecule has 2 aromatic rings. The molecule has 0 spiro atoms. The molecule has 1 unspecified atom stereocenters. The molecular formula is C24H31N5O3. The van der Waals surface area contributed by atoms with Gasteiger partial charge in [0.15, 0.2) is 0 Å². The first-order chi connectivity index (χ1) is 15.4. The van der Waals surface area contributed by atoms with Crippen LogP contribution in [0.3, 0.4) is 0 Å². The zero-order chi connectivity index (χ0) is 23.1. The van der Waals surface area contributed by atoms with Crippen LogP contribution in [0.1, 0.15) is 26.7 Å². The van der Waals surface area contributed by atoms with Crippen molar-refractivity contribution < 1.29 is 14.3 Å². The summed E-state index contributed by atoms with van der Waals surface area (Å²) < 4.78 is 10.7. The van der Waals surface area contributed by atoms with Crippen molar-refractivity contribution in [1.29, 1.82) is 5.26 Å². The highest BCUT2D eigenvalue weighted by Crippen LogP contribution is 2.33. The summed E-state index contributed by atoms with van der Waals surface area (Å²) >= 11 is 0. The van der Waals surface area contributed by atoms with E-state index in [0.29, 0.717) is 13.1 Å². The molecular weight excluding hydrogens is 406 g/mol. The van der Waals surface area contributed by atoms with Crippen molar-refractivity contribution in [1.82, 2.24) is 15.2 Å². The summed E-state index contributed by atoms with van der Waals surface area (Å²) in [5.74, 6) is 2.17. The second-order valence-electron chi connectivity index (χ2n) is 8.46. The first kappa shape index (κ1) is 23.4. The van der Waals surface area contributed by atoms with Crippen molar-refractivity contribution in [3.8, 4) is 28.7 Å². The lowest BCUT2D eigenvalue weighted by molar-refractivity contribution is -0.130. The number of pyridine rings is 1. The number of methoxy groups -OCH3 is 2. The number of carbonyl (C=O) groups excluding carboxylic acids is 1. The number of likely N-dealkylation sites (tertiary alicyclic amines) is 1. The van der Waals surface area contributed by atoms with Gasteiger partial charge in [-0.25, -0.2) is 4.98 Å². The smallest absolute Gasteiger partial charge is 0.237 e. The topological polar surface area (TPSA) is 99.5 Å². The molecule has 170 valence electrons. The third-order valence-electron chi connectivity index (χ3n) is 5.63. The third kappa shape index (κ3) is 5.68. The van der Waals surface area contributed by atoms with Crippen LogP contribution in [0, 0.1) is 11.3 Å². The van der Waals surface area contributed by atoms with Crippen molar-refractivity contribution in [3.63, 3.8) is 0 Å². The van der Waals surface area contributed by atoms with Crippen LogP contribution >= 0.6 is 0 Å². The van der Waals surface area contributed by atoms with Crippen LogP contribution in [-0.2, 0) is 4.79 Å². The van der Waals surface area contributed by atoms with Crippen LogP contribution in [-0.4, -0.2) is 61.2 Å². The Morgan fingerprint density at radius 3 is 2.75 bits per heavy atom. The van der Waals surface area contributed by atoms with E-state index in [9.17, 15) is 10.1 Å². The fourth-order valence-corrected chi connectivity index (χ4v) is 3.68. The number of nitriles is 1. The quantitative estimate of drug-likeness (QED) is 0.622. The van der Waals surface area contributed by atoms with Gasteiger partial charge in [0.1, 0.15) is 23.4 Å². The summed E-state index contributed by atoms with van der Waals surface area (Å²) in [5, 5.41) is 15.8. The van der Waals surface area contributed by atoms with Crippen molar-refractivity contribution in [3.05, 3.63) is 36.5 Å². The van der Waals surface area contributed by atoms with Gasteiger partial charge in [0.05, 0.1) is 26.8 Å². The Hall–Kier alpha value is -3.31. The average Bonchev–Trinajstić information content (AvgIpc) is 3.30. The number of nitrogens with one attached hydrogen (secondary N) is 2. The molecule has 1 aromatic heterocycles. The molecule has 1 fully saturated rings. The highest BCUT2D eigenvalue weighted by Gasteiger charge is 2.29. The van der Waals surface area contributed by atoms with Crippen molar-refractivity contribution in [2.45, 2.75) is 38.3 Å². The molecule has 1 aliphatic heterocycles. The summed E-state index contributed by atoms with van der Waals surface area (Å²) in [5.41, 5.74) is 1.54. The minimum Gasteiger partial charge on any atom is -0.497 e. The van der Waals surface area contributed by atoms with Gasteiger partial charge in [-0.05, 0) is 51.0 Å². The van der Waals surface area contributed by atoms with Crippen molar-refractivity contribution in [2.75, 3.05) is 39.2 Å². The fraction of sp³-hybridized carbons (Fsp3) is 0.458. The molecule has 0 aliphatic carbocycles. The highest BCUT2D eigenvalue weighted by molar-refractivity contribution is 5.79. The van der Waals surface area contributed by atoms with E-state index in [0.717, 1.165) is 41.3 Å². The summed E-state index contributed by atoms with van der Waals surface area (Å²) in [7, 11) is 3.25. The first-order valence-corrected chi connectivity index (χ1v) is 10.7. The number of nitrogens with zero attached hydrogens (tertiary/aromatic N) is 3. The molecule has 2 heterocycles. The van der Waals surface area contributed by atoms with Crippen LogP contribution in [0.5, 0.6) is 11.5 Å². The standard InChI is InChI=1S/C24H31N5O3/c1-24(2,28-15-23(30)29-11-5-6-18(29)13-25)16-27-22-10-7-17(14-26-22)20-9-8-19(31-3)12-21(20)32-4/h7-10,12,14,18,28H,5-6,11,15-16H2,1-4H3,(H,26,27). The van der Waals surface area contributed by atoms with Gasteiger partial charge in [-0.1, -0.05) is 0 Å². The van der Waals surface area contributed by atoms with Crippen LogP contribution in [0.25, 0.3) is 11.1 Å². The normalized spacial score (nSPS) is 15.8. The molecule has 3 rings (SSSR count). The molecule has 1 aliphatic rings. The lowest BCUT2D eigenvalue weighted by Crippen LogP contribution is -2.50. The maximum Gasteiger partial charge on any atom is 0.237 e. The Balaban J connectivity index is 1.55. The fourth-order valence-electron chi connectivity index (χ4n) is 3.68. The molecule has 0 radical (unpaired) electrons. The molecule has 2 N–H and O–H groups in total. The van der Waals surface area contributed by atoms with E-state index in [4.69, 9.17) is 9.47 Å². The molecule has 1 amide bonds. The molecule has 8 nitrogen and oxygen atoms in total. The van der Waals surface area contributed by atoms with Gasteiger partial charge in [0, 0.05) is 42.0 Å². The molecule has 1 aromatic carbocycles. The number of amides is 1. The van der Waals surface area contributed by atoms with Gasteiger partial charge in [-0.2, -0.15) is 5.26 Å². The maximum atomic E-state index is 12.5. The van der Waals surface area contributed by atoms with E-state index in [2.05, 4.69) is 21.7 Å². The van der Waals surface area contributed by atoms with E-state index >= 15 is 0 Å². The molecule has 0 bridgehead atoms. The summed E-state index contributed by atoms with van der Waals surface area (Å²) in [6, 6.07) is 11.5. The zero-order valence-corrected chi connectivity index (χ0v) is 19.1. The Morgan fingerprint density at radius 1 is 1.28 bits per heavy atom. The number of benzene rings is 1. The number of rotatable bonds is 9. The monoisotopic (exact) mass is 437 g/mol. The SMILES string of the molecule is COc1ccc(-c2ccc(NCC(C)(C)NCC(=O)N3CCCC3C#N)nc2)c(OC)c1. The average molecular weight is 438 g/mol. The number of ether oxygens (including phenoxy) is 2. The van der Waals surface area contributed by atoms with Crippen LogP contribution in [0.4, 0.5) is 5.82 Å². The third-order valence-corrected chi connectivity index (χ3v) is 5.63. The van der Waals surface area contributed by atoms with Crippen LogP contribution in [0.15, 0.2) is 36.5 Å². The van der Waals surface area contributed by atoms with Gasteiger partial charge >= 0.3 is 0 Å². The number of carbonyl (C=O) groups is 1. The molecule has 32 heavy (non-hydrogen) atoms. The van der Waals surface area contributed by atoms with Crippen LogP contribution in [0.2, 0.25) is 0 Å². The van der Waals surface area contributed by atoms with Gasteiger partial charge < -0.3 is 25.0 Å². The summed E-state index contributed by atoms with van der Waals surface area (Å²) in [6.07, 6.45) is 3.45. The second kappa shape index (κ2) is 10.3. The van der Waals surface area contributed by atoms with Crippen LogP contribution < -0.4 is 20.1 Å². The minimum absolute atomic E-state index is 0.0296. The summed E-state index contributed by atoms with van der Waals surface area (Å²) in [4.78, 5) is 18.7. The second-order valence-corrected chi connectivity index (χ2v) is 8.46. The number of aromatic nitrogens is 1. The van der Waals surface area contributed by atoms with E-state index in [-0.39, 0.29) is 24.0 Å². The Kier molecular flexibility index (Phi) is 7.54. The van der Waals surface area contributed by atoms with Gasteiger partial charge in [0.2, 0.25) is 5.91 Å². The van der Waals surface area contributed by atoms with E-state index in [1.807, 2.05) is 44.2 Å². The van der Waals surface area contributed by atoms with Crippen molar-refractivity contribution in [2.24, 2.45) is 0 Å². The van der Waals surface area contributed by atoms with E-state index in [1.165, 1.54) is 0 Å². The van der Waals surface area contributed by atoms with Gasteiger partial charge in [0.25, 0.3) is 0 Å². The largest absolute Gasteiger partial charge is 0.497 e. The van der Waals surface area contributed by atoms with Gasteiger partial charge in [-0.3, -0.25) is 4.79 Å². The predicted octanol–water partition coefficient (Wildman–Crippen LogP) is 3.06. The zero-order valence-electron chi connectivity index (χ0n) is 19.1. The van der Waals surface area contributed by atoms with Gasteiger partial charge in [-0.15, -0.1) is 0 Å². The number of anilines is 1. The summed E-state index contributed by atoms with van der Waals surface area (Å²) in [6.45, 7) is 5.49. The van der Waals surface area contributed by atoms with Crippen molar-refractivity contribution >= 4 is 11.7 Å². The Labute approximate surface area is 189 Å². The van der Waals surface area contributed by atoms with E-state index in [1.54, 1.807) is 25.3 Å². The minimum atomic E-state index is -0.336. The lowest BCUT2D eigenvalue weighted by Gasteiger charge is -2.28. The predicted molar refractivity (Wildman–Crippen MR) is 124 cm³/mol. The molecule has 0 saturated carbocycles. The maximum absolute atomic E-state index is 12.5.